The van der Waals surface area contributed by atoms with Crippen molar-refractivity contribution in [2.75, 3.05) is 0 Å². The fourth-order valence-electron chi connectivity index (χ4n) is 0.848. The minimum atomic E-state index is -0.397. The standard InChI is InChI=1S/C10H14N2O2S/c1-10(2,3)11-15-9-6-4-8(5-7-9)12(13)14/h4-7,11H,1-3H3. The van der Waals surface area contributed by atoms with Crippen molar-refractivity contribution in [2.24, 2.45) is 0 Å². The van der Waals surface area contributed by atoms with Crippen molar-refractivity contribution in [2.45, 2.75) is 31.2 Å². The third-order valence-electron chi connectivity index (χ3n) is 1.52. The van der Waals surface area contributed by atoms with Gasteiger partial charge in [-0.2, -0.15) is 0 Å². The van der Waals surface area contributed by atoms with Crippen LogP contribution >= 0.6 is 11.9 Å². The third-order valence-corrected chi connectivity index (χ3v) is 2.74. The van der Waals surface area contributed by atoms with Crippen LogP contribution in [0, 0.1) is 10.1 Å². The highest BCUT2D eigenvalue weighted by Gasteiger charge is 2.10. The van der Waals surface area contributed by atoms with Crippen LogP contribution in [0.2, 0.25) is 0 Å². The molecule has 0 unspecified atom stereocenters. The van der Waals surface area contributed by atoms with Crippen LogP contribution in [0.4, 0.5) is 5.69 Å². The second kappa shape index (κ2) is 4.63. The average Bonchev–Trinajstić information content (AvgIpc) is 2.14. The van der Waals surface area contributed by atoms with Crippen molar-refractivity contribution < 1.29 is 4.92 Å². The van der Waals surface area contributed by atoms with Crippen LogP contribution in [0.3, 0.4) is 0 Å². The highest BCUT2D eigenvalue weighted by atomic mass is 32.2. The van der Waals surface area contributed by atoms with Crippen molar-refractivity contribution >= 4 is 17.6 Å². The van der Waals surface area contributed by atoms with Gasteiger partial charge in [0.25, 0.3) is 5.69 Å². The van der Waals surface area contributed by atoms with Gasteiger partial charge in [0, 0.05) is 22.6 Å². The molecule has 0 spiro atoms. The summed E-state index contributed by atoms with van der Waals surface area (Å²) in [6.45, 7) is 6.18. The van der Waals surface area contributed by atoms with Gasteiger partial charge in [0.2, 0.25) is 0 Å². The number of nitrogens with zero attached hydrogens (tertiary/aromatic N) is 1. The summed E-state index contributed by atoms with van der Waals surface area (Å²) in [4.78, 5) is 11.0. The smallest absolute Gasteiger partial charge is 0.258 e. The quantitative estimate of drug-likeness (QED) is 0.489. The molecule has 0 aliphatic carbocycles. The molecule has 82 valence electrons. The Hall–Kier alpha value is -1.07. The van der Waals surface area contributed by atoms with Gasteiger partial charge in [0.1, 0.15) is 0 Å². The molecule has 0 radical (unpaired) electrons. The van der Waals surface area contributed by atoms with Crippen LogP contribution in [0.25, 0.3) is 0 Å². The van der Waals surface area contributed by atoms with Crippen molar-refractivity contribution in [1.82, 2.24) is 4.72 Å². The van der Waals surface area contributed by atoms with Crippen molar-refractivity contribution in [3.8, 4) is 0 Å². The first-order valence-corrected chi connectivity index (χ1v) is 5.38. The molecule has 0 saturated heterocycles. The molecule has 0 fully saturated rings. The Balaban J connectivity index is 2.61. The number of hydrogen-bond donors (Lipinski definition) is 1. The summed E-state index contributed by atoms with van der Waals surface area (Å²) in [7, 11) is 0. The van der Waals surface area contributed by atoms with E-state index in [2.05, 4.69) is 25.5 Å². The van der Waals surface area contributed by atoms with Crippen LogP contribution in [-0.2, 0) is 0 Å². The number of rotatable bonds is 3. The fraction of sp³-hybridized carbons (Fsp3) is 0.400. The van der Waals surface area contributed by atoms with Crippen LogP contribution in [0.5, 0.6) is 0 Å². The van der Waals surface area contributed by atoms with Crippen molar-refractivity contribution in [1.29, 1.82) is 0 Å². The summed E-state index contributed by atoms with van der Waals surface area (Å²) in [5, 5.41) is 10.4. The van der Waals surface area contributed by atoms with E-state index < -0.39 is 4.92 Å². The van der Waals surface area contributed by atoms with Crippen LogP contribution < -0.4 is 4.72 Å². The molecule has 0 bridgehead atoms. The zero-order valence-electron chi connectivity index (χ0n) is 8.98. The predicted octanol–water partition coefficient (Wildman–Crippen LogP) is 2.99. The van der Waals surface area contributed by atoms with Gasteiger partial charge in [-0.3, -0.25) is 14.8 Å². The second-order valence-electron chi connectivity index (χ2n) is 4.21. The molecule has 0 heterocycles. The summed E-state index contributed by atoms with van der Waals surface area (Å²) in [6, 6.07) is 6.49. The van der Waals surface area contributed by atoms with E-state index in [4.69, 9.17) is 0 Å². The van der Waals surface area contributed by atoms with E-state index in [-0.39, 0.29) is 11.2 Å². The first-order chi connectivity index (χ1) is 6.88. The zero-order valence-corrected chi connectivity index (χ0v) is 9.80. The average molecular weight is 226 g/mol. The SMILES string of the molecule is CC(C)(C)NSc1ccc([N+](=O)[O-])cc1. The maximum atomic E-state index is 10.4. The number of nitrogens with one attached hydrogen (secondary N) is 1. The lowest BCUT2D eigenvalue weighted by atomic mass is 10.1. The summed E-state index contributed by atoms with van der Waals surface area (Å²) in [6.07, 6.45) is 0. The Labute approximate surface area is 93.4 Å². The molecule has 4 nitrogen and oxygen atoms in total. The van der Waals surface area contributed by atoms with Gasteiger partial charge in [-0.25, -0.2) is 0 Å². The van der Waals surface area contributed by atoms with Gasteiger partial charge in [0.05, 0.1) is 4.92 Å². The fourth-order valence-corrected chi connectivity index (χ4v) is 1.54. The van der Waals surface area contributed by atoms with E-state index in [9.17, 15) is 10.1 Å². The molecule has 15 heavy (non-hydrogen) atoms. The molecule has 5 heteroatoms. The summed E-state index contributed by atoms with van der Waals surface area (Å²) < 4.78 is 3.23. The third kappa shape index (κ3) is 4.31. The Morgan fingerprint density at radius 2 is 1.80 bits per heavy atom. The monoisotopic (exact) mass is 226 g/mol. The van der Waals surface area contributed by atoms with Crippen LogP contribution in [-0.4, -0.2) is 10.5 Å². The first-order valence-electron chi connectivity index (χ1n) is 4.57. The number of benzene rings is 1. The maximum Gasteiger partial charge on any atom is 0.269 e. The molecule has 0 aliphatic rings. The Morgan fingerprint density at radius 1 is 1.27 bits per heavy atom. The van der Waals surface area contributed by atoms with E-state index in [1.165, 1.54) is 24.1 Å². The minimum absolute atomic E-state index is 0.0203. The molecule has 1 aromatic rings. The zero-order chi connectivity index (χ0) is 11.5. The molecule has 1 N–H and O–H groups in total. The highest BCUT2D eigenvalue weighted by Crippen LogP contribution is 2.21. The van der Waals surface area contributed by atoms with Gasteiger partial charge in [-0.1, -0.05) is 0 Å². The lowest BCUT2D eigenvalue weighted by Gasteiger charge is -2.19. The van der Waals surface area contributed by atoms with Crippen molar-refractivity contribution in [3.05, 3.63) is 34.4 Å². The molecule has 1 rings (SSSR count). The van der Waals surface area contributed by atoms with Gasteiger partial charge >= 0.3 is 0 Å². The molecular formula is C10H14N2O2S. The lowest BCUT2D eigenvalue weighted by Crippen LogP contribution is -2.29. The number of nitro benzene ring substituents is 1. The van der Waals surface area contributed by atoms with Gasteiger partial charge in [0.15, 0.2) is 0 Å². The number of hydrogen-bond acceptors (Lipinski definition) is 4. The number of nitro groups is 1. The normalized spacial score (nSPS) is 11.4. The van der Waals surface area contributed by atoms with Gasteiger partial charge in [-0.05, 0) is 44.9 Å². The Morgan fingerprint density at radius 3 is 2.20 bits per heavy atom. The van der Waals surface area contributed by atoms with E-state index in [1.807, 2.05) is 0 Å². The molecular weight excluding hydrogens is 212 g/mol. The molecule has 0 atom stereocenters. The molecule has 1 aromatic carbocycles. The van der Waals surface area contributed by atoms with E-state index in [0.29, 0.717) is 0 Å². The van der Waals surface area contributed by atoms with Crippen molar-refractivity contribution in [3.63, 3.8) is 0 Å². The van der Waals surface area contributed by atoms with Gasteiger partial charge < -0.3 is 0 Å². The summed E-state index contributed by atoms with van der Waals surface area (Å²) in [5.41, 5.74) is 0.141. The molecule has 0 saturated carbocycles. The Bertz CT molecular complexity index is 343. The molecule has 0 aliphatic heterocycles. The predicted molar refractivity (Wildman–Crippen MR) is 61.8 cm³/mol. The summed E-state index contributed by atoms with van der Waals surface area (Å²) in [5.74, 6) is 0. The second-order valence-corrected chi connectivity index (χ2v) is 5.08. The van der Waals surface area contributed by atoms with Crippen LogP contribution in [0.1, 0.15) is 20.8 Å². The van der Waals surface area contributed by atoms with Crippen LogP contribution in [0.15, 0.2) is 29.2 Å². The lowest BCUT2D eigenvalue weighted by molar-refractivity contribution is -0.384. The Kier molecular flexibility index (Phi) is 3.71. The highest BCUT2D eigenvalue weighted by molar-refractivity contribution is 7.97. The maximum absolute atomic E-state index is 10.4. The first kappa shape index (κ1) is 12.0. The largest absolute Gasteiger partial charge is 0.269 e. The van der Waals surface area contributed by atoms with E-state index in [0.717, 1.165) is 4.90 Å². The van der Waals surface area contributed by atoms with E-state index in [1.54, 1.807) is 12.1 Å². The number of non-ortho nitro benzene ring substituents is 1. The van der Waals surface area contributed by atoms with Gasteiger partial charge in [-0.15, -0.1) is 0 Å². The summed E-state index contributed by atoms with van der Waals surface area (Å²) >= 11 is 1.48. The molecule has 0 aromatic heterocycles. The molecule has 0 amide bonds. The topological polar surface area (TPSA) is 55.2 Å². The van der Waals surface area contributed by atoms with E-state index >= 15 is 0 Å². The minimum Gasteiger partial charge on any atom is -0.258 e.